The number of aliphatic hydroxyl groups is 2. The Bertz CT molecular complexity index is 1230. The summed E-state index contributed by atoms with van der Waals surface area (Å²) >= 11 is 0. The fourth-order valence-corrected chi connectivity index (χ4v) is 3.60. The first-order chi connectivity index (χ1) is 14.8. The van der Waals surface area contributed by atoms with E-state index in [0.717, 1.165) is 4.57 Å². The van der Waals surface area contributed by atoms with E-state index < -0.39 is 41.5 Å². The Morgan fingerprint density at radius 1 is 1.23 bits per heavy atom. The Morgan fingerprint density at radius 3 is 2.71 bits per heavy atom. The van der Waals surface area contributed by atoms with Crippen LogP contribution in [0.2, 0.25) is 0 Å². The summed E-state index contributed by atoms with van der Waals surface area (Å²) in [6.07, 6.45) is 0.498. The Kier molecular flexibility index (Phi) is 5.39. The summed E-state index contributed by atoms with van der Waals surface area (Å²) in [4.78, 5) is 48.4. The minimum Gasteiger partial charge on any atom is -0.388 e. The average molecular weight is 431 g/mol. The topological polar surface area (TPSA) is 166 Å². The van der Waals surface area contributed by atoms with Crippen molar-refractivity contribution in [2.75, 3.05) is 6.61 Å². The second kappa shape index (κ2) is 8.02. The normalized spacial score (nSPS) is 23.7. The number of aryl methyl sites for hydroxylation is 1. The van der Waals surface area contributed by atoms with Crippen molar-refractivity contribution >= 4 is 17.1 Å². The third kappa shape index (κ3) is 3.62. The molecule has 1 fully saturated rings. The summed E-state index contributed by atoms with van der Waals surface area (Å²) in [5.41, 5.74) is -0.555. The van der Waals surface area contributed by atoms with Gasteiger partial charge in [-0.05, 0) is 6.07 Å². The highest BCUT2D eigenvalue weighted by Gasteiger charge is 2.39. The molecule has 4 atom stereocenters. The number of nitrogens with zero attached hydrogens (tertiary/aromatic N) is 6. The van der Waals surface area contributed by atoms with E-state index in [-0.39, 0.29) is 30.0 Å². The molecule has 0 aromatic carbocycles. The molecule has 3 N–H and O–H groups in total. The highest BCUT2D eigenvalue weighted by Crippen LogP contribution is 2.19. The predicted octanol–water partition coefficient (Wildman–Crippen LogP) is -2.86. The SMILES string of the molecule is Cn1c(=O)c2ncn(C[C@H]3OC[C@@H](NC(=O)c4ccncn4)[C@H](O)[C@@H]3O)c2n(C)c1=O. The van der Waals surface area contributed by atoms with Gasteiger partial charge in [-0.1, -0.05) is 0 Å². The van der Waals surface area contributed by atoms with Gasteiger partial charge in [0, 0.05) is 20.3 Å². The number of amides is 1. The molecule has 4 heterocycles. The van der Waals surface area contributed by atoms with Gasteiger partial charge in [0.2, 0.25) is 0 Å². The lowest BCUT2D eigenvalue weighted by Crippen LogP contribution is -2.60. The second-order valence-corrected chi connectivity index (χ2v) is 7.30. The van der Waals surface area contributed by atoms with Crippen LogP contribution in [-0.4, -0.2) is 75.7 Å². The number of carbonyl (C=O) groups excluding carboxylic acids is 1. The smallest absolute Gasteiger partial charge is 0.332 e. The van der Waals surface area contributed by atoms with Crippen LogP contribution in [0.1, 0.15) is 10.5 Å². The Labute approximate surface area is 174 Å². The molecule has 13 nitrogen and oxygen atoms in total. The van der Waals surface area contributed by atoms with E-state index in [9.17, 15) is 24.6 Å². The summed E-state index contributed by atoms with van der Waals surface area (Å²) in [5.74, 6) is -0.535. The molecule has 0 spiro atoms. The van der Waals surface area contributed by atoms with Crippen LogP contribution in [-0.2, 0) is 25.4 Å². The quantitative estimate of drug-likeness (QED) is 0.394. The molecule has 31 heavy (non-hydrogen) atoms. The van der Waals surface area contributed by atoms with E-state index in [1.807, 2.05) is 0 Å². The molecule has 0 radical (unpaired) electrons. The maximum absolute atomic E-state index is 12.3. The van der Waals surface area contributed by atoms with Gasteiger partial charge in [-0.2, -0.15) is 0 Å². The van der Waals surface area contributed by atoms with Gasteiger partial charge >= 0.3 is 5.69 Å². The first-order valence-corrected chi connectivity index (χ1v) is 9.45. The lowest BCUT2D eigenvalue weighted by molar-refractivity contribution is -0.152. The molecule has 164 valence electrons. The zero-order chi connectivity index (χ0) is 22.3. The van der Waals surface area contributed by atoms with Crippen molar-refractivity contribution in [3.63, 3.8) is 0 Å². The van der Waals surface area contributed by atoms with Crippen molar-refractivity contribution in [3.8, 4) is 0 Å². The molecule has 1 aliphatic rings. The van der Waals surface area contributed by atoms with Crippen LogP contribution in [0.3, 0.4) is 0 Å². The molecule has 13 heteroatoms. The lowest BCUT2D eigenvalue weighted by Gasteiger charge is -2.38. The average Bonchev–Trinajstić information content (AvgIpc) is 3.20. The van der Waals surface area contributed by atoms with E-state index in [1.165, 1.54) is 48.1 Å². The van der Waals surface area contributed by atoms with Crippen LogP contribution >= 0.6 is 0 Å². The van der Waals surface area contributed by atoms with Crippen LogP contribution in [0.5, 0.6) is 0 Å². The number of hydrogen-bond donors (Lipinski definition) is 3. The molecule has 1 saturated heterocycles. The Balaban J connectivity index is 1.51. The predicted molar refractivity (Wildman–Crippen MR) is 105 cm³/mol. The Hall–Kier alpha value is -3.42. The van der Waals surface area contributed by atoms with Crippen molar-refractivity contribution in [1.82, 2.24) is 34.0 Å². The number of fused-ring (bicyclic) bond motifs is 1. The van der Waals surface area contributed by atoms with Gasteiger partial charge in [0.1, 0.15) is 36.0 Å². The second-order valence-electron chi connectivity index (χ2n) is 7.30. The lowest BCUT2D eigenvalue weighted by atomic mass is 9.97. The highest BCUT2D eigenvalue weighted by molar-refractivity contribution is 5.92. The van der Waals surface area contributed by atoms with Gasteiger partial charge in [-0.25, -0.2) is 19.7 Å². The molecule has 3 aromatic heterocycles. The van der Waals surface area contributed by atoms with Crippen molar-refractivity contribution in [1.29, 1.82) is 0 Å². The molecule has 0 saturated carbocycles. The van der Waals surface area contributed by atoms with Crippen LogP contribution in [0.15, 0.2) is 34.5 Å². The van der Waals surface area contributed by atoms with E-state index >= 15 is 0 Å². The van der Waals surface area contributed by atoms with E-state index in [2.05, 4.69) is 20.3 Å². The van der Waals surface area contributed by atoms with Crippen molar-refractivity contribution in [3.05, 3.63) is 51.4 Å². The fraction of sp³-hybridized carbons (Fsp3) is 0.444. The molecule has 0 unspecified atom stereocenters. The van der Waals surface area contributed by atoms with Crippen molar-refractivity contribution in [2.45, 2.75) is 30.9 Å². The monoisotopic (exact) mass is 431 g/mol. The maximum Gasteiger partial charge on any atom is 0.332 e. The zero-order valence-electron chi connectivity index (χ0n) is 16.7. The molecule has 0 bridgehead atoms. The summed E-state index contributed by atoms with van der Waals surface area (Å²) in [6, 6.07) is 0.563. The molecular formula is C18H21N7O6. The first kappa shape index (κ1) is 20.8. The molecule has 0 aliphatic carbocycles. The minimum absolute atomic E-state index is 0.0295. The number of aliphatic hydroxyl groups excluding tert-OH is 2. The van der Waals surface area contributed by atoms with Gasteiger partial charge in [0.15, 0.2) is 5.52 Å². The summed E-state index contributed by atoms with van der Waals surface area (Å²) in [6.45, 7) is -0.0329. The summed E-state index contributed by atoms with van der Waals surface area (Å²) < 4.78 is 9.43. The van der Waals surface area contributed by atoms with E-state index in [4.69, 9.17) is 4.74 Å². The highest BCUT2D eigenvalue weighted by atomic mass is 16.5. The molecule has 1 aliphatic heterocycles. The third-order valence-electron chi connectivity index (χ3n) is 5.35. The van der Waals surface area contributed by atoms with E-state index in [0.29, 0.717) is 0 Å². The molecular weight excluding hydrogens is 410 g/mol. The molecule has 1 amide bonds. The fourth-order valence-electron chi connectivity index (χ4n) is 3.60. The third-order valence-corrected chi connectivity index (χ3v) is 5.35. The summed E-state index contributed by atoms with van der Waals surface area (Å²) in [7, 11) is 2.87. The number of ether oxygens (including phenoxy) is 1. The van der Waals surface area contributed by atoms with Gasteiger partial charge in [-0.3, -0.25) is 18.7 Å². The minimum atomic E-state index is -1.34. The van der Waals surface area contributed by atoms with E-state index in [1.54, 1.807) is 0 Å². The van der Waals surface area contributed by atoms with Crippen molar-refractivity contribution in [2.24, 2.45) is 14.1 Å². The van der Waals surface area contributed by atoms with Crippen LogP contribution in [0, 0.1) is 0 Å². The van der Waals surface area contributed by atoms with Crippen LogP contribution < -0.4 is 16.6 Å². The number of rotatable bonds is 4. The maximum atomic E-state index is 12.3. The Morgan fingerprint density at radius 2 is 2.00 bits per heavy atom. The van der Waals surface area contributed by atoms with Gasteiger partial charge in [0.25, 0.3) is 11.5 Å². The zero-order valence-corrected chi connectivity index (χ0v) is 16.7. The number of nitrogens with one attached hydrogen (secondary N) is 1. The largest absolute Gasteiger partial charge is 0.388 e. The summed E-state index contributed by atoms with van der Waals surface area (Å²) in [5, 5.41) is 23.7. The molecule has 3 aromatic rings. The molecule has 4 rings (SSSR count). The van der Waals surface area contributed by atoms with Crippen LogP contribution in [0.4, 0.5) is 0 Å². The van der Waals surface area contributed by atoms with Gasteiger partial charge < -0.3 is 24.8 Å². The van der Waals surface area contributed by atoms with Gasteiger partial charge in [-0.15, -0.1) is 0 Å². The first-order valence-electron chi connectivity index (χ1n) is 9.45. The number of aromatic nitrogens is 6. The number of hydrogen-bond acceptors (Lipinski definition) is 9. The van der Waals surface area contributed by atoms with Crippen LogP contribution in [0.25, 0.3) is 11.2 Å². The number of carbonyl (C=O) groups is 1. The number of imidazole rings is 1. The van der Waals surface area contributed by atoms with Gasteiger partial charge in [0.05, 0.1) is 25.5 Å². The van der Waals surface area contributed by atoms with Crippen molar-refractivity contribution < 1.29 is 19.7 Å². The standard InChI is InChI=1S/C18H21N7O6/c1-23-16-12(17(29)24(2)18(23)30)21-8-25(16)5-11-14(27)13(26)10(6-31-11)22-15(28)9-3-4-19-7-20-9/h3-4,7-8,10-11,13-14,26-27H,5-6H2,1-2H3,(H,22,28)/t10-,11-,13+,14-/m1/s1.